The summed E-state index contributed by atoms with van der Waals surface area (Å²) >= 11 is 0. The molecule has 0 amide bonds. The Bertz CT molecular complexity index is 1620. The number of anilines is 2. The van der Waals surface area contributed by atoms with Crippen LogP contribution in [0.4, 0.5) is 11.6 Å². The molecule has 1 saturated carbocycles. The standard InChI is InChI=1S/C30H34N6O3S/c1-20-9-12-23-24(6-2-8-27(23)36-40(37,38)18-14-21-10-11-21)28(20)39-29-25(7-4-16-32-29)26-13-17-33-30(35-26)34-22-5-3-15-31-19-22/h2,4,6-9,12-13,16-17,21-22,31,36H,3,5,10-11,14-15,18-19H2,1H3,(H,33,34,35)/t22-/m0/s1. The van der Waals surface area contributed by atoms with E-state index in [2.05, 4.69) is 25.3 Å². The van der Waals surface area contributed by atoms with E-state index in [1.54, 1.807) is 18.5 Å². The van der Waals surface area contributed by atoms with Gasteiger partial charge in [0.2, 0.25) is 21.9 Å². The Labute approximate surface area is 234 Å². The van der Waals surface area contributed by atoms with Gasteiger partial charge in [0.1, 0.15) is 5.75 Å². The van der Waals surface area contributed by atoms with Crippen LogP contribution in [0.2, 0.25) is 0 Å². The number of aryl methyl sites for hydroxylation is 1. The fourth-order valence-corrected chi connectivity index (χ4v) is 6.37. The maximum Gasteiger partial charge on any atom is 0.232 e. The lowest BCUT2D eigenvalue weighted by molar-refractivity contribution is 0.466. The van der Waals surface area contributed by atoms with Crippen LogP contribution in [-0.4, -0.2) is 48.3 Å². The molecule has 2 aromatic heterocycles. The molecule has 3 N–H and O–H groups in total. The average Bonchev–Trinajstić information content (AvgIpc) is 3.79. The molecule has 0 bridgehead atoms. The molecule has 2 fully saturated rings. The fourth-order valence-electron chi connectivity index (χ4n) is 5.11. The van der Waals surface area contributed by atoms with Gasteiger partial charge in [-0.1, -0.05) is 37.1 Å². The van der Waals surface area contributed by atoms with Crippen LogP contribution < -0.4 is 20.1 Å². The van der Waals surface area contributed by atoms with Gasteiger partial charge in [-0.05, 0) is 68.5 Å². The van der Waals surface area contributed by atoms with Gasteiger partial charge >= 0.3 is 0 Å². The minimum absolute atomic E-state index is 0.133. The number of nitrogens with zero attached hydrogens (tertiary/aromatic N) is 3. The summed E-state index contributed by atoms with van der Waals surface area (Å²) in [7, 11) is -3.45. The predicted molar refractivity (Wildman–Crippen MR) is 158 cm³/mol. The zero-order valence-corrected chi connectivity index (χ0v) is 23.4. The number of rotatable bonds is 10. The first-order valence-corrected chi connectivity index (χ1v) is 15.6. The maximum absolute atomic E-state index is 12.8. The summed E-state index contributed by atoms with van der Waals surface area (Å²) in [6.45, 7) is 3.89. The van der Waals surface area contributed by atoms with Gasteiger partial charge in [-0.3, -0.25) is 4.72 Å². The van der Waals surface area contributed by atoms with Crippen molar-refractivity contribution in [3.05, 3.63) is 66.5 Å². The van der Waals surface area contributed by atoms with Gasteiger partial charge in [0.25, 0.3) is 0 Å². The second-order valence-electron chi connectivity index (χ2n) is 10.7. The van der Waals surface area contributed by atoms with Crippen LogP contribution in [0.15, 0.2) is 60.9 Å². The van der Waals surface area contributed by atoms with Gasteiger partial charge in [0.05, 0.1) is 22.7 Å². The molecule has 2 aromatic carbocycles. The molecule has 1 saturated heterocycles. The van der Waals surface area contributed by atoms with Crippen LogP contribution in [0, 0.1) is 12.8 Å². The van der Waals surface area contributed by atoms with Crippen LogP contribution in [-0.2, 0) is 10.0 Å². The van der Waals surface area contributed by atoms with E-state index in [4.69, 9.17) is 9.72 Å². The summed E-state index contributed by atoms with van der Waals surface area (Å²) in [6.07, 6.45) is 8.57. The van der Waals surface area contributed by atoms with E-state index < -0.39 is 10.0 Å². The molecule has 1 aliphatic heterocycles. The van der Waals surface area contributed by atoms with Crippen molar-refractivity contribution in [1.82, 2.24) is 20.3 Å². The van der Waals surface area contributed by atoms with Gasteiger partial charge in [-0.2, -0.15) is 0 Å². The van der Waals surface area contributed by atoms with Gasteiger partial charge < -0.3 is 15.4 Å². The first-order chi connectivity index (χ1) is 19.4. The van der Waals surface area contributed by atoms with Crippen LogP contribution in [0.1, 0.15) is 37.7 Å². The van der Waals surface area contributed by atoms with Crippen molar-refractivity contribution >= 4 is 32.4 Å². The zero-order chi connectivity index (χ0) is 27.5. The summed E-state index contributed by atoms with van der Waals surface area (Å²) in [5.41, 5.74) is 2.89. The number of hydrogen-bond donors (Lipinski definition) is 3. The fraction of sp³-hybridized carbons (Fsp3) is 0.367. The topological polar surface area (TPSA) is 118 Å². The zero-order valence-electron chi connectivity index (χ0n) is 22.6. The lowest BCUT2D eigenvalue weighted by atomic mass is 10.0. The molecular formula is C30H34N6O3S. The number of benzene rings is 2. The Balaban J connectivity index is 1.29. The highest BCUT2D eigenvalue weighted by Gasteiger charge is 2.24. The van der Waals surface area contributed by atoms with E-state index in [1.165, 1.54) is 0 Å². The summed E-state index contributed by atoms with van der Waals surface area (Å²) in [4.78, 5) is 13.7. The monoisotopic (exact) mass is 558 g/mol. The summed E-state index contributed by atoms with van der Waals surface area (Å²) < 4.78 is 34.9. The molecule has 2 aliphatic rings. The van der Waals surface area contributed by atoms with Crippen molar-refractivity contribution in [2.75, 3.05) is 28.9 Å². The van der Waals surface area contributed by atoms with Crippen molar-refractivity contribution in [3.8, 4) is 22.9 Å². The number of aromatic nitrogens is 3. The van der Waals surface area contributed by atoms with Gasteiger partial charge in [-0.15, -0.1) is 0 Å². The maximum atomic E-state index is 12.8. The first-order valence-electron chi connectivity index (χ1n) is 13.9. The Morgan fingerprint density at radius 1 is 1.00 bits per heavy atom. The molecule has 0 unspecified atom stereocenters. The molecule has 0 radical (unpaired) electrons. The van der Waals surface area contributed by atoms with Crippen molar-refractivity contribution in [2.45, 2.75) is 45.1 Å². The van der Waals surface area contributed by atoms with Crippen LogP contribution in [0.25, 0.3) is 22.0 Å². The number of piperidine rings is 1. The third kappa shape index (κ3) is 6.18. The molecule has 0 spiro atoms. The van der Waals surface area contributed by atoms with Crippen molar-refractivity contribution in [2.24, 2.45) is 5.92 Å². The number of pyridine rings is 1. The molecule has 6 rings (SSSR count). The van der Waals surface area contributed by atoms with Crippen LogP contribution in [0.5, 0.6) is 11.6 Å². The highest BCUT2D eigenvalue weighted by atomic mass is 32.2. The van der Waals surface area contributed by atoms with E-state index in [0.717, 1.165) is 60.7 Å². The van der Waals surface area contributed by atoms with Gasteiger partial charge in [-0.25, -0.2) is 23.4 Å². The Kier molecular flexibility index (Phi) is 7.53. The molecule has 9 nitrogen and oxygen atoms in total. The molecule has 10 heteroatoms. The lowest BCUT2D eigenvalue weighted by Gasteiger charge is -2.23. The van der Waals surface area contributed by atoms with Crippen molar-refractivity contribution < 1.29 is 13.2 Å². The largest absolute Gasteiger partial charge is 0.437 e. The summed E-state index contributed by atoms with van der Waals surface area (Å²) in [5, 5.41) is 8.40. The summed E-state index contributed by atoms with van der Waals surface area (Å²) in [5.74, 6) is 2.29. The van der Waals surface area contributed by atoms with Crippen LogP contribution in [0.3, 0.4) is 0 Å². The minimum atomic E-state index is -3.45. The van der Waals surface area contributed by atoms with E-state index in [-0.39, 0.29) is 11.8 Å². The Morgan fingerprint density at radius 2 is 1.90 bits per heavy atom. The van der Waals surface area contributed by atoms with E-state index >= 15 is 0 Å². The lowest BCUT2D eigenvalue weighted by Crippen LogP contribution is -2.38. The number of nitrogens with one attached hydrogen (secondary N) is 3. The predicted octanol–water partition coefficient (Wildman–Crippen LogP) is 5.50. The molecule has 208 valence electrons. The number of ether oxygens (including phenoxy) is 1. The highest BCUT2D eigenvalue weighted by Crippen LogP contribution is 2.39. The Morgan fingerprint density at radius 3 is 2.73 bits per heavy atom. The van der Waals surface area contributed by atoms with E-state index in [1.807, 2.05) is 49.4 Å². The smallest absolute Gasteiger partial charge is 0.232 e. The third-order valence-electron chi connectivity index (χ3n) is 7.50. The normalized spacial score (nSPS) is 17.5. The molecule has 1 aliphatic carbocycles. The van der Waals surface area contributed by atoms with E-state index in [0.29, 0.717) is 41.3 Å². The van der Waals surface area contributed by atoms with Gasteiger partial charge in [0.15, 0.2) is 0 Å². The Hall–Kier alpha value is -3.76. The number of sulfonamides is 1. The number of fused-ring (bicyclic) bond motifs is 1. The summed E-state index contributed by atoms with van der Waals surface area (Å²) in [6, 6.07) is 15.3. The SMILES string of the molecule is Cc1ccc2c(NS(=O)(=O)CCC3CC3)cccc2c1Oc1ncccc1-c1ccnc(N[C@H]2CCCNC2)n1. The quantitative estimate of drug-likeness (QED) is 0.234. The minimum Gasteiger partial charge on any atom is -0.437 e. The molecule has 4 aromatic rings. The first kappa shape index (κ1) is 26.5. The second kappa shape index (κ2) is 11.4. The molecule has 3 heterocycles. The van der Waals surface area contributed by atoms with Crippen molar-refractivity contribution in [3.63, 3.8) is 0 Å². The molecule has 1 atom stereocenters. The molecular weight excluding hydrogens is 524 g/mol. The number of hydrogen-bond acceptors (Lipinski definition) is 8. The highest BCUT2D eigenvalue weighted by molar-refractivity contribution is 7.92. The van der Waals surface area contributed by atoms with E-state index in [9.17, 15) is 8.42 Å². The van der Waals surface area contributed by atoms with Crippen LogP contribution >= 0.6 is 0 Å². The third-order valence-corrected chi connectivity index (χ3v) is 8.80. The molecule has 40 heavy (non-hydrogen) atoms. The van der Waals surface area contributed by atoms with Crippen molar-refractivity contribution in [1.29, 1.82) is 0 Å². The average molecular weight is 559 g/mol. The second-order valence-corrected chi connectivity index (χ2v) is 12.5. The van der Waals surface area contributed by atoms with Gasteiger partial charge in [0, 0.05) is 35.8 Å².